The van der Waals surface area contributed by atoms with Crippen LogP contribution in [-0.2, 0) is 11.2 Å². The Labute approximate surface area is 104 Å². The summed E-state index contributed by atoms with van der Waals surface area (Å²) in [7, 11) is 0. The molecule has 1 aromatic rings. The maximum Gasteiger partial charge on any atom is 0.322 e. The Morgan fingerprint density at radius 3 is 2.89 bits per heavy atom. The monoisotopic (exact) mass is 249 g/mol. The van der Waals surface area contributed by atoms with Gasteiger partial charge in [-0.1, -0.05) is 18.2 Å². The number of hydrogen-bond donors (Lipinski definition) is 3. The van der Waals surface area contributed by atoms with E-state index in [1.807, 2.05) is 24.3 Å². The molecule has 1 aromatic carbocycles. The van der Waals surface area contributed by atoms with Crippen LogP contribution in [0.1, 0.15) is 5.56 Å². The molecule has 2 amide bonds. The minimum Gasteiger partial charge on any atom is -0.480 e. The number of carboxylic acids is 1. The van der Waals surface area contributed by atoms with E-state index in [0.717, 1.165) is 17.7 Å². The number of hydrogen-bond acceptors (Lipinski definition) is 3. The minimum absolute atomic E-state index is 0.0766. The molecule has 4 N–H and O–H groups in total. The number of nitrogens with zero attached hydrogens (tertiary/aromatic N) is 1. The molecule has 0 fully saturated rings. The summed E-state index contributed by atoms with van der Waals surface area (Å²) in [6.45, 7) is 0.528. The summed E-state index contributed by atoms with van der Waals surface area (Å²) in [6.07, 6.45) is 0.814. The summed E-state index contributed by atoms with van der Waals surface area (Å²) in [5, 5.41) is 11.2. The highest BCUT2D eigenvalue weighted by molar-refractivity contribution is 5.94. The van der Waals surface area contributed by atoms with Crippen molar-refractivity contribution in [2.45, 2.75) is 12.5 Å². The maximum absolute atomic E-state index is 11.9. The van der Waals surface area contributed by atoms with Crippen LogP contribution in [0.5, 0.6) is 0 Å². The Hall–Kier alpha value is -2.08. The molecule has 0 bridgehead atoms. The Kier molecular flexibility index (Phi) is 3.47. The highest BCUT2D eigenvalue weighted by Crippen LogP contribution is 2.27. The van der Waals surface area contributed by atoms with Crippen molar-refractivity contribution < 1.29 is 14.7 Å². The van der Waals surface area contributed by atoms with Crippen molar-refractivity contribution in [3.05, 3.63) is 29.8 Å². The predicted molar refractivity (Wildman–Crippen MR) is 66.5 cm³/mol. The van der Waals surface area contributed by atoms with E-state index in [0.29, 0.717) is 6.54 Å². The number of nitrogens with one attached hydrogen (secondary N) is 1. The van der Waals surface area contributed by atoms with Crippen LogP contribution in [0.2, 0.25) is 0 Å². The van der Waals surface area contributed by atoms with Gasteiger partial charge in [-0.3, -0.25) is 9.69 Å². The maximum atomic E-state index is 11.9. The lowest BCUT2D eigenvalue weighted by Gasteiger charge is -2.18. The van der Waals surface area contributed by atoms with Gasteiger partial charge in [-0.2, -0.15) is 0 Å². The van der Waals surface area contributed by atoms with Crippen molar-refractivity contribution in [1.29, 1.82) is 0 Å². The van der Waals surface area contributed by atoms with Crippen molar-refractivity contribution in [3.8, 4) is 0 Å². The number of amides is 2. The largest absolute Gasteiger partial charge is 0.480 e. The molecule has 18 heavy (non-hydrogen) atoms. The highest BCUT2D eigenvalue weighted by Gasteiger charge is 2.24. The second-order valence-electron chi connectivity index (χ2n) is 4.16. The summed E-state index contributed by atoms with van der Waals surface area (Å²) >= 11 is 0. The number of fused-ring (bicyclic) bond motifs is 1. The van der Waals surface area contributed by atoms with Gasteiger partial charge < -0.3 is 16.2 Å². The van der Waals surface area contributed by atoms with Crippen molar-refractivity contribution in [3.63, 3.8) is 0 Å². The van der Waals surface area contributed by atoms with Gasteiger partial charge in [0.2, 0.25) is 0 Å². The molecular weight excluding hydrogens is 234 g/mol. The van der Waals surface area contributed by atoms with Crippen molar-refractivity contribution in [1.82, 2.24) is 5.32 Å². The summed E-state index contributed by atoms with van der Waals surface area (Å²) in [6, 6.07) is 6.27. The fourth-order valence-corrected chi connectivity index (χ4v) is 1.93. The number of carbonyl (C=O) groups excluding carboxylic acids is 1. The molecule has 96 valence electrons. The van der Waals surface area contributed by atoms with Gasteiger partial charge in [0, 0.05) is 18.8 Å². The average Bonchev–Trinajstić information content (AvgIpc) is 2.79. The third kappa shape index (κ3) is 2.43. The van der Waals surface area contributed by atoms with Crippen LogP contribution in [0.3, 0.4) is 0 Å². The molecule has 1 aliphatic heterocycles. The van der Waals surface area contributed by atoms with Gasteiger partial charge in [-0.05, 0) is 18.1 Å². The number of nitrogens with two attached hydrogens (primary N) is 1. The Balaban J connectivity index is 1.97. The van der Waals surface area contributed by atoms with Gasteiger partial charge in [0.1, 0.15) is 6.04 Å². The van der Waals surface area contributed by atoms with Crippen LogP contribution in [-0.4, -0.2) is 36.2 Å². The van der Waals surface area contributed by atoms with E-state index >= 15 is 0 Å². The van der Waals surface area contributed by atoms with E-state index in [9.17, 15) is 9.59 Å². The molecule has 0 aromatic heterocycles. The normalized spacial score (nSPS) is 15.1. The lowest BCUT2D eigenvalue weighted by Crippen LogP contribution is -2.47. The highest BCUT2D eigenvalue weighted by atomic mass is 16.4. The Bertz CT molecular complexity index is 475. The van der Waals surface area contributed by atoms with E-state index in [1.165, 1.54) is 0 Å². The smallest absolute Gasteiger partial charge is 0.322 e. The topological polar surface area (TPSA) is 95.7 Å². The second-order valence-corrected chi connectivity index (χ2v) is 4.16. The average molecular weight is 249 g/mol. The zero-order valence-electron chi connectivity index (χ0n) is 9.80. The first-order valence-corrected chi connectivity index (χ1v) is 5.71. The van der Waals surface area contributed by atoms with Gasteiger partial charge in [0.15, 0.2) is 0 Å². The van der Waals surface area contributed by atoms with Crippen LogP contribution in [0.25, 0.3) is 0 Å². The van der Waals surface area contributed by atoms with E-state index < -0.39 is 12.0 Å². The summed E-state index contributed by atoms with van der Waals surface area (Å²) in [5.74, 6) is -1.13. The van der Waals surface area contributed by atoms with Crippen LogP contribution < -0.4 is 16.0 Å². The molecule has 0 spiro atoms. The zero-order chi connectivity index (χ0) is 13.1. The van der Waals surface area contributed by atoms with Crippen LogP contribution in [0.15, 0.2) is 24.3 Å². The Morgan fingerprint density at radius 1 is 1.44 bits per heavy atom. The van der Waals surface area contributed by atoms with E-state index in [2.05, 4.69) is 5.32 Å². The molecule has 0 aliphatic carbocycles. The standard InChI is InChI=1S/C12H15N3O3/c13-9(11(16)17)7-14-12(18)15-6-5-8-3-1-2-4-10(8)15/h1-4,9H,5-7,13H2,(H,14,18)(H,16,17). The first-order chi connectivity index (χ1) is 8.59. The fourth-order valence-electron chi connectivity index (χ4n) is 1.93. The quantitative estimate of drug-likeness (QED) is 0.711. The van der Waals surface area contributed by atoms with Gasteiger partial charge in [-0.15, -0.1) is 0 Å². The van der Waals surface area contributed by atoms with Crippen molar-refractivity contribution >= 4 is 17.7 Å². The van der Waals surface area contributed by atoms with Crippen molar-refractivity contribution in [2.75, 3.05) is 18.0 Å². The van der Waals surface area contributed by atoms with Crippen LogP contribution >= 0.6 is 0 Å². The predicted octanol–water partition coefficient (Wildman–Crippen LogP) is 0.171. The molecule has 1 aliphatic rings. The molecule has 6 nitrogen and oxygen atoms in total. The number of rotatable bonds is 3. The molecule has 1 heterocycles. The van der Waals surface area contributed by atoms with Crippen LogP contribution in [0.4, 0.5) is 10.5 Å². The SMILES string of the molecule is NC(CNC(=O)N1CCc2ccccc21)C(=O)O. The number of anilines is 1. The van der Waals surface area contributed by atoms with Gasteiger partial charge in [0.05, 0.1) is 0 Å². The molecular formula is C12H15N3O3. The number of carbonyl (C=O) groups is 2. The zero-order valence-corrected chi connectivity index (χ0v) is 9.80. The number of urea groups is 1. The second kappa shape index (κ2) is 5.05. The third-order valence-corrected chi connectivity index (χ3v) is 2.92. The number of carboxylic acid groups (broad SMARTS) is 1. The lowest BCUT2D eigenvalue weighted by molar-refractivity contribution is -0.138. The number of para-hydroxylation sites is 1. The summed E-state index contributed by atoms with van der Waals surface area (Å²) in [4.78, 5) is 24.0. The molecule has 1 unspecified atom stereocenters. The summed E-state index contributed by atoms with van der Waals surface area (Å²) < 4.78 is 0. The van der Waals surface area contributed by atoms with Gasteiger partial charge in [0.25, 0.3) is 0 Å². The number of aliphatic carboxylic acids is 1. The molecule has 0 saturated carbocycles. The number of benzene rings is 1. The van der Waals surface area contributed by atoms with Gasteiger partial charge >= 0.3 is 12.0 Å². The van der Waals surface area contributed by atoms with E-state index in [-0.39, 0.29) is 12.6 Å². The molecule has 6 heteroatoms. The van der Waals surface area contributed by atoms with Gasteiger partial charge in [-0.25, -0.2) is 4.79 Å². The lowest BCUT2D eigenvalue weighted by atomic mass is 10.2. The first-order valence-electron chi connectivity index (χ1n) is 5.71. The minimum atomic E-state index is -1.13. The molecule has 2 rings (SSSR count). The molecule has 0 saturated heterocycles. The molecule has 1 atom stereocenters. The van der Waals surface area contributed by atoms with E-state index in [4.69, 9.17) is 10.8 Å². The van der Waals surface area contributed by atoms with Crippen LogP contribution in [0, 0.1) is 0 Å². The fraction of sp³-hybridized carbons (Fsp3) is 0.333. The summed E-state index contributed by atoms with van der Waals surface area (Å²) in [5.41, 5.74) is 7.32. The van der Waals surface area contributed by atoms with E-state index in [1.54, 1.807) is 4.90 Å². The first kappa shape index (κ1) is 12.4. The third-order valence-electron chi connectivity index (χ3n) is 2.92. The Morgan fingerprint density at radius 2 is 2.17 bits per heavy atom. The van der Waals surface area contributed by atoms with Crippen molar-refractivity contribution in [2.24, 2.45) is 5.73 Å². The molecule has 0 radical (unpaired) electrons.